The third-order valence-electron chi connectivity index (χ3n) is 5.13. The molecule has 2 N–H and O–H groups in total. The van der Waals surface area contributed by atoms with Crippen LogP contribution < -0.4 is 5.32 Å². The van der Waals surface area contributed by atoms with Gasteiger partial charge in [0.25, 0.3) is 5.91 Å². The lowest BCUT2D eigenvalue weighted by Crippen LogP contribution is -2.48. The number of hydrogen-bond donors (Lipinski definition) is 2. The maximum atomic E-state index is 12.9. The van der Waals surface area contributed by atoms with Crippen LogP contribution in [0.3, 0.4) is 0 Å². The molecule has 2 unspecified atom stereocenters. The predicted molar refractivity (Wildman–Crippen MR) is 83.4 cm³/mol. The van der Waals surface area contributed by atoms with Gasteiger partial charge in [0.05, 0.1) is 11.1 Å². The molecule has 0 spiro atoms. The Morgan fingerprint density at radius 1 is 1.19 bits per heavy atom. The molecule has 2 fully saturated rings. The number of benzene rings is 1. The van der Waals surface area contributed by atoms with E-state index in [-0.39, 0.29) is 5.91 Å². The van der Waals surface area contributed by atoms with E-state index in [1.807, 2.05) is 42.4 Å². The Morgan fingerprint density at radius 3 is 2.71 bits per heavy atom. The molecule has 2 atom stereocenters. The first-order chi connectivity index (χ1) is 10.2. The van der Waals surface area contributed by atoms with Crippen molar-refractivity contribution in [1.82, 2.24) is 15.2 Å². The van der Waals surface area contributed by atoms with Crippen molar-refractivity contribution in [2.75, 3.05) is 7.05 Å². The molecule has 4 rings (SSSR count). The fourth-order valence-corrected chi connectivity index (χ4v) is 3.96. The Hall–Kier alpha value is -1.81. The van der Waals surface area contributed by atoms with E-state index in [2.05, 4.69) is 10.3 Å². The van der Waals surface area contributed by atoms with Gasteiger partial charge in [0.2, 0.25) is 0 Å². The first kappa shape index (κ1) is 12.9. The van der Waals surface area contributed by atoms with Crippen molar-refractivity contribution in [2.24, 2.45) is 0 Å². The highest BCUT2D eigenvalue weighted by Gasteiger charge is 2.36. The minimum absolute atomic E-state index is 0.134. The molecule has 2 aliphatic rings. The van der Waals surface area contributed by atoms with Crippen molar-refractivity contribution in [3.05, 3.63) is 36.0 Å². The average Bonchev–Trinajstić information content (AvgIpc) is 3.11. The standard InChI is InChI=1S/C17H21N3O/c1-20(14-9-12-5-6-13(10-14)19-12)17(21)15-4-2-3-11-7-8-18-16(11)15/h2-4,7-8,12-14,18-19H,5-6,9-10H2,1H3. The molecule has 1 amide bonds. The van der Waals surface area contributed by atoms with Gasteiger partial charge in [0, 0.05) is 36.8 Å². The third-order valence-corrected chi connectivity index (χ3v) is 5.13. The van der Waals surface area contributed by atoms with Crippen LogP contribution in [0, 0.1) is 0 Å². The van der Waals surface area contributed by atoms with Crippen LogP contribution in [0.5, 0.6) is 0 Å². The highest BCUT2D eigenvalue weighted by molar-refractivity contribution is 6.05. The molecule has 2 bridgehead atoms. The fourth-order valence-electron chi connectivity index (χ4n) is 3.96. The molecule has 0 aliphatic carbocycles. The molecule has 4 heteroatoms. The van der Waals surface area contributed by atoms with E-state index in [0.717, 1.165) is 29.3 Å². The highest BCUT2D eigenvalue weighted by Crippen LogP contribution is 2.30. The summed E-state index contributed by atoms with van der Waals surface area (Å²) in [7, 11) is 1.96. The van der Waals surface area contributed by atoms with Gasteiger partial charge in [-0.1, -0.05) is 12.1 Å². The molecule has 1 aromatic heterocycles. The number of hydrogen-bond acceptors (Lipinski definition) is 2. The van der Waals surface area contributed by atoms with Crippen molar-refractivity contribution >= 4 is 16.8 Å². The first-order valence-corrected chi connectivity index (χ1v) is 7.81. The summed E-state index contributed by atoms with van der Waals surface area (Å²) in [6, 6.07) is 9.50. The van der Waals surface area contributed by atoms with Crippen LogP contribution in [0.1, 0.15) is 36.0 Å². The number of amides is 1. The number of H-pyrrole nitrogens is 1. The zero-order chi connectivity index (χ0) is 14.4. The smallest absolute Gasteiger partial charge is 0.255 e. The largest absolute Gasteiger partial charge is 0.361 e. The number of fused-ring (bicyclic) bond motifs is 3. The number of rotatable bonds is 2. The van der Waals surface area contributed by atoms with Crippen LogP contribution in [0.25, 0.3) is 10.9 Å². The van der Waals surface area contributed by atoms with Crippen LogP contribution >= 0.6 is 0 Å². The maximum Gasteiger partial charge on any atom is 0.255 e. The van der Waals surface area contributed by atoms with Crippen molar-refractivity contribution in [1.29, 1.82) is 0 Å². The van der Waals surface area contributed by atoms with Crippen LogP contribution in [-0.4, -0.2) is 41.0 Å². The van der Waals surface area contributed by atoms with Gasteiger partial charge in [-0.25, -0.2) is 0 Å². The van der Waals surface area contributed by atoms with Crippen LogP contribution in [0.4, 0.5) is 0 Å². The highest BCUT2D eigenvalue weighted by atomic mass is 16.2. The Morgan fingerprint density at radius 2 is 1.95 bits per heavy atom. The van der Waals surface area contributed by atoms with Crippen LogP contribution in [0.15, 0.2) is 30.5 Å². The quantitative estimate of drug-likeness (QED) is 0.889. The number of carbonyl (C=O) groups is 1. The number of carbonyl (C=O) groups excluding carboxylic acids is 1. The Kier molecular flexibility index (Phi) is 3.00. The number of aromatic amines is 1. The molecule has 3 heterocycles. The Bertz CT molecular complexity index is 665. The van der Waals surface area contributed by atoms with Gasteiger partial charge >= 0.3 is 0 Å². The van der Waals surface area contributed by atoms with E-state index in [0.29, 0.717) is 18.1 Å². The summed E-state index contributed by atoms with van der Waals surface area (Å²) in [6.07, 6.45) is 6.58. The molecule has 1 aromatic carbocycles. The molecule has 2 aliphatic heterocycles. The lowest BCUT2D eigenvalue weighted by Gasteiger charge is -2.35. The molecular weight excluding hydrogens is 262 g/mol. The first-order valence-electron chi connectivity index (χ1n) is 7.81. The van der Waals surface area contributed by atoms with Crippen molar-refractivity contribution in [3.63, 3.8) is 0 Å². The summed E-state index contributed by atoms with van der Waals surface area (Å²) in [5, 5.41) is 4.73. The second-order valence-electron chi connectivity index (χ2n) is 6.43. The monoisotopic (exact) mass is 283 g/mol. The number of aromatic nitrogens is 1. The van der Waals surface area contributed by atoms with E-state index >= 15 is 0 Å². The van der Waals surface area contributed by atoms with E-state index in [9.17, 15) is 4.79 Å². The molecule has 21 heavy (non-hydrogen) atoms. The van der Waals surface area contributed by atoms with Gasteiger partial charge in [-0.15, -0.1) is 0 Å². The lowest BCUT2D eigenvalue weighted by molar-refractivity contribution is 0.0683. The normalized spacial score (nSPS) is 28.0. The van der Waals surface area contributed by atoms with Crippen molar-refractivity contribution < 1.29 is 4.79 Å². The van der Waals surface area contributed by atoms with E-state index in [4.69, 9.17) is 0 Å². The van der Waals surface area contributed by atoms with Gasteiger partial charge < -0.3 is 15.2 Å². The second kappa shape index (κ2) is 4.88. The second-order valence-corrected chi connectivity index (χ2v) is 6.43. The summed E-state index contributed by atoms with van der Waals surface area (Å²) in [5.41, 5.74) is 1.73. The van der Waals surface area contributed by atoms with Gasteiger partial charge in [-0.3, -0.25) is 4.79 Å². The molecule has 4 nitrogen and oxygen atoms in total. The number of nitrogens with zero attached hydrogens (tertiary/aromatic N) is 1. The fraction of sp³-hybridized carbons (Fsp3) is 0.471. The summed E-state index contributed by atoms with van der Waals surface area (Å²) >= 11 is 0. The molecule has 0 saturated carbocycles. The summed E-state index contributed by atoms with van der Waals surface area (Å²) in [5.74, 6) is 0.134. The zero-order valence-corrected chi connectivity index (χ0v) is 12.3. The Labute approximate surface area is 124 Å². The molecule has 110 valence electrons. The van der Waals surface area contributed by atoms with E-state index < -0.39 is 0 Å². The topological polar surface area (TPSA) is 48.1 Å². The van der Waals surface area contributed by atoms with Gasteiger partial charge in [-0.05, 0) is 37.8 Å². The molecular formula is C17H21N3O. The SMILES string of the molecule is CN(C(=O)c1cccc2cc[nH]c12)C1CC2CCC(C1)N2. The number of para-hydroxylation sites is 1. The van der Waals surface area contributed by atoms with Crippen LogP contribution in [-0.2, 0) is 0 Å². The minimum atomic E-state index is 0.134. The summed E-state index contributed by atoms with van der Waals surface area (Å²) in [4.78, 5) is 18.0. The van der Waals surface area contributed by atoms with Crippen molar-refractivity contribution in [3.8, 4) is 0 Å². The summed E-state index contributed by atoms with van der Waals surface area (Å²) in [6.45, 7) is 0. The molecule has 0 radical (unpaired) electrons. The Balaban J connectivity index is 1.60. The third kappa shape index (κ3) is 2.14. The lowest BCUT2D eigenvalue weighted by atomic mass is 9.97. The van der Waals surface area contributed by atoms with Gasteiger partial charge in [-0.2, -0.15) is 0 Å². The van der Waals surface area contributed by atoms with E-state index in [1.54, 1.807) is 0 Å². The van der Waals surface area contributed by atoms with Gasteiger partial charge in [0.15, 0.2) is 0 Å². The minimum Gasteiger partial charge on any atom is -0.361 e. The molecule has 2 saturated heterocycles. The van der Waals surface area contributed by atoms with Gasteiger partial charge in [0.1, 0.15) is 0 Å². The average molecular weight is 283 g/mol. The number of nitrogens with one attached hydrogen (secondary N) is 2. The van der Waals surface area contributed by atoms with Crippen LogP contribution in [0.2, 0.25) is 0 Å². The number of piperidine rings is 1. The zero-order valence-electron chi connectivity index (χ0n) is 12.3. The van der Waals surface area contributed by atoms with Crippen molar-refractivity contribution in [2.45, 2.75) is 43.8 Å². The van der Waals surface area contributed by atoms with E-state index in [1.165, 1.54) is 12.8 Å². The maximum absolute atomic E-state index is 12.9. The molecule has 2 aromatic rings. The summed E-state index contributed by atoms with van der Waals surface area (Å²) < 4.78 is 0. The predicted octanol–water partition coefficient (Wildman–Crippen LogP) is 2.52.